The highest BCUT2D eigenvalue weighted by Crippen LogP contribution is 2.68. The molecular weight excluding hydrogens is 893 g/mol. The number of hydrogen-bond donors (Lipinski definition) is 0. The predicted octanol–water partition coefficient (Wildman–Crippen LogP) is 18.5. The maximum atomic E-state index is 2.59. The van der Waals surface area contributed by atoms with E-state index in [1.165, 1.54) is 99.8 Å². The van der Waals surface area contributed by atoms with Gasteiger partial charge in [0, 0.05) is 33.6 Å². The van der Waals surface area contributed by atoms with Crippen LogP contribution in [0.1, 0.15) is 44.5 Å². The topological polar surface area (TPSA) is 6.48 Å². The summed E-state index contributed by atoms with van der Waals surface area (Å²) >= 11 is 0. The lowest BCUT2D eigenvalue weighted by Gasteiger charge is -2.34. The van der Waals surface area contributed by atoms with Gasteiger partial charge in [-0.2, -0.15) is 0 Å². The zero-order chi connectivity index (χ0) is 48.5. The highest BCUT2D eigenvalue weighted by molar-refractivity contribution is 6.14. The van der Waals surface area contributed by atoms with Crippen molar-refractivity contribution in [1.29, 1.82) is 0 Å². The molecule has 16 rings (SSSR count). The molecule has 2 spiro atoms. The summed E-state index contributed by atoms with van der Waals surface area (Å²) in [4.78, 5) is 5.03. The average Bonchev–Trinajstić information content (AvgIpc) is 4.24. The Labute approximate surface area is 431 Å². The fourth-order valence-electron chi connectivity index (χ4n) is 14.3. The molecule has 12 aromatic rings. The van der Waals surface area contributed by atoms with E-state index in [0.29, 0.717) is 0 Å². The van der Waals surface area contributed by atoms with Crippen molar-refractivity contribution in [2.24, 2.45) is 0 Å². The number of fused-ring (bicyclic) bond motifs is 22. The monoisotopic (exact) mass is 938 g/mol. The Morgan fingerprint density at radius 1 is 0.203 bits per heavy atom. The van der Waals surface area contributed by atoms with Gasteiger partial charge in [-0.15, -0.1) is 0 Å². The molecule has 0 saturated heterocycles. The molecule has 0 bridgehead atoms. The van der Waals surface area contributed by atoms with E-state index in [-0.39, 0.29) is 0 Å². The van der Waals surface area contributed by atoms with E-state index in [0.717, 1.165) is 34.1 Å². The molecule has 0 aliphatic heterocycles. The predicted molar refractivity (Wildman–Crippen MR) is 306 cm³/mol. The number of hydrogen-bond acceptors (Lipinski definition) is 2. The Hall–Kier alpha value is -9.50. The molecule has 74 heavy (non-hydrogen) atoms. The van der Waals surface area contributed by atoms with Gasteiger partial charge in [0.05, 0.1) is 27.9 Å². The van der Waals surface area contributed by atoms with Crippen molar-refractivity contribution in [3.8, 4) is 44.5 Å². The number of anilines is 6. The zero-order valence-electron chi connectivity index (χ0n) is 40.5. The molecular formula is C72H46N2. The quantitative estimate of drug-likeness (QED) is 0.164. The Morgan fingerprint density at radius 2 is 0.527 bits per heavy atom. The minimum absolute atomic E-state index is 0.481. The molecule has 2 nitrogen and oxygen atoms in total. The van der Waals surface area contributed by atoms with Gasteiger partial charge < -0.3 is 9.80 Å². The van der Waals surface area contributed by atoms with Crippen LogP contribution in [-0.2, 0) is 10.8 Å². The fourth-order valence-corrected chi connectivity index (χ4v) is 14.3. The lowest BCUT2D eigenvalue weighted by Crippen LogP contribution is -2.26. The van der Waals surface area contributed by atoms with Crippen LogP contribution < -0.4 is 9.80 Å². The molecule has 2 heteroatoms. The number of rotatable bonds is 6. The molecule has 0 heterocycles. The number of nitrogens with zero attached hydrogens (tertiary/aromatic N) is 2. The van der Waals surface area contributed by atoms with Crippen molar-refractivity contribution >= 4 is 44.9 Å². The van der Waals surface area contributed by atoms with Gasteiger partial charge in [-0.3, -0.25) is 0 Å². The second-order valence-corrected chi connectivity index (χ2v) is 20.2. The van der Waals surface area contributed by atoms with Crippen LogP contribution in [0.25, 0.3) is 55.3 Å². The van der Waals surface area contributed by atoms with Gasteiger partial charge in [0.15, 0.2) is 0 Å². The van der Waals surface area contributed by atoms with E-state index in [1.54, 1.807) is 0 Å². The maximum absolute atomic E-state index is 2.59. The van der Waals surface area contributed by atoms with Crippen molar-refractivity contribution in [3.63, 3.8) is 0 Å². The molecule has 0 aromatic heterocycles. The van der Waals surface area contributed by atoms with Crippen LogP contribution in [0, 0.1) is 0 Å². The van der Waals surface area contributed by atoms with Crippen LogP contribution in [0.15, 0.2) is 279 Å². The summed E-state index contributed by atoms with van der Waals surface area (Å²) in [5.74, 6) is 0. The second-order valence-electron chi connectivity index (χ2n) is 20.2. The van der Waals surface area contributed by atoms with Crippen LogP contribution in [0.4, 0.5) is 34.1 Å². The summed E-state index contributed by atoms with van der Waals surface area (Å²) in [5.41, 5.74) is 26.5. The van der Waals surface area contributed by atoms with Crippen LogP contribution in [-0.4, -0.2) is 0 Å². The SMILES string of the molecule is c1ccc(N(c2ccccc2)c2cccc3c2-c2ccccc2C32c3ccccc3-c3c2cc(N(c2ccccc2)c2cccc4c2-c2ccccc2C42c4ccccc4-c4ccccc42)c2ccccc32)cc1. The lowest BCUT2D eigenvalue weighted by molar-refractivity contribution is 0.793. The van der Waals surface area contributed by atoms with E-state index < -0.39 is 10.8 Å². The standard InChI is InChI=1S/C72H46N2/c1-4-24-47(25-5-1)73(48-26-6-2-7-27-48)65-44-22-43-63-69(65)56-36-16-21-41-61(56)72(63)59-39-19-14-34-54(59)68-53-33-11-10-32-52(53)67(46-64(68)72)74(49-28-8-3-9-29-49)66-45-23-42-62-70(66)55-35-15-20-40-60(55)71(62)57-37-17-12-30-50(57)51-31-13-18-38-58(51)71/h1-46H. The van der Waals surface area contributed by atoms with Gasteiger partial charge in [-0.1, -0.05) is 224 Å². The Morgan fingerprint density at radius 3 is 1.00 bits per heavy atom. The van der Waals surface area contributed by atoms with Gasteiger partial charge >= 0.3 is 0 Å². The lowest BCUT2D eigenvalue weighted by atomic mass is 9.70. The van der Waals surface area contributed by atoms with E-state index >= 15 is 0 Å². The summed E-state index contributed by atoms with van der Waals surface area (Å²) in [6.07, 6.45) is 0. The maximum Gasteiger partial charge on any atom is 0.0727 e. The van der Waals surface area contributed by atoms with Crippen LogP contribution in [0.3, 0.4) is 0 Å². The molecule has 1 unspecified atom stereocenters. The first-order valence-corrected chi connectivity index (χ1v) is 25.9. The third-order valence-corrected chi connectivity index (χ3v) is 16.8. The van der Waals surface area contributed by atoms with E-state index in [4.69, 9.17) is 0 Å². The molecule has 344 valence electrons. The largest absolute Gasteiger partial charge is 0.310 e. The number of benzene rings is 12. The minimum atomic E-state index is -0.638. The minimum Gasteiger partial charge on any atom is -0.310 e. The van der Waals surface area contributed by atoms with Gasteiger partial charge in [0.2, 0.25) is 0 Å². The Kier molecular flexibility index (Phi) is 8.62. The second kappa shape index (κ2) is 15.5. The first kappa shape index (κ1) is 41.2. The summed E-state index contributed by atoms with van der Waals surface area (Å²) in [6, 6.07) is 105. The molecule has 0 N–H and O–H groups in total. The van der Waals surface area contributed by atoms with E-state index in [2.05, 4.69) is 289 Å². The van der Waals surface area contributed by atoms with Crippen molar-refractivity contribution in [2.75, 3.05) is 9.80 Å². The molecule has 4 aliphatic carbocycles. The van der Waals surface area contributed by atoms with E-state index in [9.17, 15) is 0 Å². The molecule has 0 saturated carbocycles. The number of para-hydroxylation sites is 3. The Balaban J connectivity index is 1.01. The van der Waals surface area contributed by atoms with Crippen molar-refractivity contribution in [1.82, 2.24) is 0 Å². The molecule has 0 radical (unpaired) electrons. The summed E-state index contributed by atoms with van der Waals surface area (Å²) in [7, 11) is 0. The molecule has 0 fully saturated rings. The molecule has 4 aliphatic rings. The summed E-state index contributed by atoms with van der Waals surface area (Å²) in [5, 5.41) is 2.45. The first-order valence-electron chi connectivity index (χ1n) is 25.9. The van der Waals surface area contributed by atoms with Crippen LogP contribution in [0.5, 0.6) is 0 Å². The molecule has 1 atom stereocenters. The van der Waals surface area contributed by atoms with Crippen molar-refractivity contribution in [3.05, 3.63) is 324 Å². The van der Waals surface area contributed by atoms with Gasteiger partial charge in [0.25, 0.3) is 0 Å². The normalized spacial score (nSPS) is 15.2. The first-order chi connectivity index (χ1) is 36.8. The van der Waals surface area contributed by atoms with Gasteiger partial charge in [-0.05, 0) is 138 Å². The molecule has 0 amide bonds. The molecule has 12 aromatic carbocycles. The summed E-state index contributed by atoms with van der Waals surface area (Å²) < 4.78 is 0. The van der Waals surface area contributed by atoms with Gasteiger partial charge in [0.1, 0.15) is 0 Å². The van der Waals surface area contributed by atoms with Crippen molar-refractivity contribution < 1.29 is 0 Å². The zero-order valence-corrected chi connectivity index (χ0v) is 40.5. The van der Waals surface area contributed by atoms with Crippen LogP contribution in [0.2, 0.25) is 0 Å². The van der Waals surface area contributed by atoms with E-state index in [1.807, 2.05) is 0 Å². The third kappa shape index (κ3) is 5.23. The van der Waals surface area contributed by atoms with Gasteiger partial charge in [-0.25, -0.2) is 0 Å². The van der Waals surface area contributed by atoms with Crippen LogP contribution >= 0.6 is 0 Å². The third-order valence-electron chi connectivity index (χ3n) is 16.8. The average molecular weight is 939 g/mol. The highest BCUT2D eigenvalue weighted by atomic mass is 15.2. The summed E-state index contributed by atoms with van der Waals surface area (Å²) in [6.45, 7) is 0. The van der Waals surface area contributed by atoms with Crippen molar-refractivity contribution in [2.45, 2.75) is 10.8 Å². The fraction of sp³-hybridized carbons (Fsp3) is 0.0278. The Bertz CT molecular complexity index is 4190. The highest BCUT2D eigenvalue weighted by Gasteiger charge is 2.55. The smallest absolute Gasteiger partial charge is 0.0727 e.